The molecule has 1 atom stereocenters. The van der Waals surface area contributed by atoms with Gasteiger partial charge in [-0.3, -0.25) is 9.59 Å². The quantitative estimate of drug-likeness (QED) is 0.545. The number of carbonyl (C=O) groups excluding carboxylic acids is 2. The molecule has 1 aromatic heterocycles. The monoisotopic (exact) mass is 391 g/mol. The highest BCUT2D eigenvalue weighted by Gasteiger charge is 2.45. The number of likely N-dealkylation sites (tertiary alicyclic amines) is 1. The van der Waals surface area contributed by atoms with Crippen LogP contribution >= 0.6 is 11.3 Å². The standard InChI is InChI=1S/C21H29NO4S/c1-2-25-20(24)21(16-17-6-3-4-14-26-17)10-12-22(13-11-21)19(23)9-8-18-7-5-15-27-18/h5,7-9,15,17H,2-4,6,10-14,16H2,1H3/b9-8+/t17-/m1/s1. The van der Waals surface area contributed by atoms with Gasteiger partial charge in [-0.2, -0.15) is 0 Å². The number of piperidine rings is 1. The maximum absolute atomic E-state index is 12.8. The van der Waals surface area contributed by atoms with E-state index in [0.29, 0.717) is 39.0 Å². The second-order valence-electron chi connectivity index (χ2n) is 7.37. The van der Waals surface area contributed by atoms with Crippen LogP contribution in [-0.4, -0.2) is 49.2 Å². The minimum atomic E-state index is -0.522. The molecule has 0 aromatic carbocycles. The van der Waals surface area contributed by atoms with Crippen molar-refractivity contribution in [2.45, 2.75) is 51.6 Å². The van der Waals surface area contributed by atoms with E-state index in [9.17, 15) is 9.59 Å². The van der Waals surface area contributed by atoms with Gasteiger partial charge in [0, 0.05) is 30.6 Å². The number of hydrogen-bond donors (Lipinski definition) is 0. The molecule has 0 aliphatic carbocycles. The first kappa shape index (κ1) is 20.1. The average molecular weight is 392 g/mol. The number of carbonyl (C=O) groups is 2. The summed E-state index contributed by atoms with van der Waals surface area (Å²) in [7, 11) is 0. The third-order valence-corrected chi connectivity index (χ3v) is 6.40. The van der Waals surface area contributed by atoms with Crippen molar-refractivity contribution in [2.75, 3.05) is 26.3 Å². The van der Waals surface area contributed by atoms with Gasteiger partial charge in [-0.1, -0.05) is 6.07 Å². The van der Waals surface area contributed by atoms with Crippen molar-refractivity contribution < 1.29 is 19.1 Å². The van der Waals surface area contributed by atoms with E-state index in [4.69, 9.17) is 9.47 Å². The van der Waals surface area contributed by atoms with Crippen molar-refractivity contribution in [3.05, 3.63) is 28.5 Å². The van der Waals surface area contributed by atoms with Gasteiger partial charge in [0.25, 0.3) is 0 Å². The molecular weight excluding hydrogens is 362 g/mol. The third-order valence-electron chi connectivity index (χ3n) is 5.57. The molecule has 5 nitrogen and oxygen atoms in total. The Labute approximate surface area is 165 Å². The fraction of sp³-hybridized carbons (Fsp3) is 0.619. The first-order valence-electron chi connectivity index (χ1n) is 9.92. The lowest BCUT2D eigenvalue weighted by atomic mass is 9.73. The van der Waals surface area contributed by atoms with Gasteiger partial charge in [-0.05, 0) is 63.0 Å². The molecule has 2 fully saturated rings. The van der Waals surface area contributed by atoms with Gasteiger partial charge >= 0.3 is 5.97 Å². The smallest absolute Gasteiger partial charge is 0.312 e. The first-order chi connectivity index (χ1) is 13.1. The van der Waals surface area contributed by atoms with Gasteiger partial charge in [-0.15, -0.1) is 11.3 Å². The van der Waals surface area contributed by atoms with Crippen LogP contribution in [0.2, 0.25) is 0 Å². The predicted octanol–water partition coefficient (Wildman–Crippen LogP) is 3.89. The molecule has 0 saturated carbocycles. The molecule has 148 valence electrons. The molecule has 3 rings (SSSR count). The Bertz CT molecular complexity index is 641. The van der Waals surface area contributed by atoms with Crippen LogP contribution in [0.5, 0.6) is 0 Å². The molecule has 0 spiro atoms. The fourth-order valence-electron chi connectivity index (χ4n) is 3.98. The van der Waals surface area contributed by atoms with Crippen LogP contribution in [0.3, 0.4) is 0 Å². The van der Waals surface area contributed by atoms with E-state index in [0.717, 1.165) is 30.7 Å². The van der Waals surface area contributed by atoms with Crippen LogP contribution in [0.15, 0.2) is 23.6 Å². The maximum atomic E-state index is 12.8. The van der Waals surface area contributed by atoms with Crippen molar-refractivity contribution in [3.8, 4) is 0 Å². The number of amides is 1. The summed E-state index contributed by atoms with van der Waals surface area (Å²) in [6.45, 7) is 4.18. The van der Waals surface area contributed by atoms with Crippen LogP contribution in [0.1, 0.15) is 50.3 Å². The highest BCUT2D eigenvalue weighted by Crippen LogP contribution is 2.40. The summed E-state index contributed by atoms with van der Waals surface area (Å²) in [4.78, 5) is 28.2. The second kappa shape index (κ2) is 9.51. The van der Waals surface area contributed by atoms with Crippen LogP contribution in [0.25, 0.3) is 6.08 Å². The molecule has 2 aliphatic rings. The number of esters is 1. The van der Waals surface area contributed by atoms with E-state index in [1.807, 2.05) is 35.4 Å². The molecule has 27 heavy (non-hydrogen) atoms. The van der Waals surface area contributed by atoms with Gasteiger partial charge < -0.3 is 14.4 Å². The molecule has 2 saturated heterocycles. The summed E-state index contributed by atoms with van der Waals surface area (Å²) in [5, 5.41) is 1.99. The highest BCUT2D eigenvalue weighted by atomic mass is 32.1. The number of thiophene rings is 1. The summed E-state index contributed by atoms with van der Waals surface area (Å²) in [6, 6.07) is 3.96. The Kier molecular flexibility index (Phi) is 7.07. The molecule has 0 bridgehead atoms. The Balaban J connectivity index is 1.61. The molecule has 1 amide bonds. The molecule has 2 aliphatic heterocycles. The van der Waals surface area contributed by atoms with Gasteiger partial charge in [0.15, 0.2) is 0 Å². The molecule has 3 heterocycles. The first-order valence-corrected chi connectivity index (χ1v) is 10.8. The maximum Gasteiger partial charge on any atom is 0.312 e. The summed E-state index contributed by atoms with van der Waals surface area (Å²) in [5.74, 6) is -0.116. The van der Waals surface area contributed by atoms with E-state index >= 15 is 0 Å². The van der Waals surface area contributed by atoms with E-state index in [1.165, 1.54) is 0 Å². The van der Waals surface area contributed by atoms with Gasteiger partial charge in [-0.25, -0.2) is 0 Å². The largest absolute Gasteiger partial charge is 0.466 e. The van der Waals surface area contributed by atoms with Crippen LogP contribution in [0, 0.1) is 5.41 Å². The zero-order valence-electron chi connectivity index (χ0n) is 16.0. The molecule has 0 radical (unpaired) electrons. The van der Waals surface area contributed by atoms with Crippen LogP contribution < -0.4 is 0 Å². The van der Waals surface area contributed by atoms with Crippen molar-refractivity contribution in [3.63, 3.8) is 0 Å². The zero-order chi connectivity index (χ0) is 19.1. The van der Waals surface area contributed by atoms with Crippen molar-refractivity contribution in [2.24, 2.45) is 5.41 Å². The third kappa shape index (κ3) is 5.20. The number of ether oxygens (including phenoxy) is 2. The van der Waals surface area contributed by atoms with E-state index in [-0.39, 0.29) is 18.0 Å². The highest BCUT2D eigenvalue weighted by molar-refractivity contribution is 7.10. The lowest BCUT2D eigenvalue weighted by Gasteiger charge is -2.41. The molecular formula is C21H29NO4S. The summed E-state index contributed by atoms with van der Waals surface area (Å²) in [6.07, 6.45) is 8.87. The number of hydrogen-bond acceptors (Lipinski definition) is 5. The Hall–Kier alpha value is -1.66. The second-order valence-corrected chi connectivity index (χ2v) is 8.35. The van der Waals surface area contributed by atoms with E-state index in [2.05, 4.69) is 0 Å². The van der Waals surface area contributed by atoms with Crippen molar-refractivity contribution in [1.82, 2.24) is 4.90 Å². The van der Waals surface area contributed by atoms with Crippen molar-refractivity contribution in [1.29, 1.82) is 0 Å². The Morgan fingerprint density at radius 1 is 1.37 bits per heavy atom. The van der Waals surface area contributed by atoms with E-state index in [1.54, 1.807) is 17.4 Å². The SMILES string of the molecule is CCOC(=O)C1(C[C@H]2CCCCO2)CCN(C(=O)/C=C/c2cccs2)CC1. The summed E-state index contributed by atoms with van der Waals surface area (Å²) < 4.78 is 11.3. The topological polar surface area (TPSA) is 55.8 Å². The molecule has 0 N–H and O–H groups in total. The summed E-state index contributed by atoms with van der Waals surface area (Å²) in [5.41, 5.74) is -0.522. The fourth-order valence-corrected chi connectivity index (χ4v) is 4.60. The van der Waals surface area contributed by atoms with Crippen LogP contribution in [-0.2, 0) is 19.1 Å². The minimum Gasteiger partial charge on any atom is -0.466 e. The van der Waals surface area contributed by atoms with Gasteiger partial charge in [0.2, 0.25) is 5.91 Å². The Morgan fingerprint density at radius 3 is 2.81 bits per heavy atom. The number of rotatable bonds is 6. The average Bonchev–Trinajstić information content (AvgIpc) is 3.21. The molecule has 0 unspecified atom stereocenters. The van der Waals surface area contributed by atoms with Gasteiger partial charge in [0.05, 0.1) is 18.1 Å². The number of nitrogens with zero attached hydrogens (tertiary/aromatic N) is 1. The molecule has 6 heteroatoms. The Morgan fingerprint density at radius 2 is 2.19 bits per heavy atom. The van der Waals surface area contributed by atoms with E-state index < -0.39 is 5.41 Å². The predicted molar refractivity (Wildman–Crippen MR) is 106 cm³/mol. The lowest BCUT2D eigenvalue weighted by Crippen LogP contribution is -2.48. The zero-order valence-corrected chi connectivity index (χ0v) is 16.8. The minimum absolute atomic E-state index is 0.00905. The van der Waals surface area contributed by atoms with Gasteiger partial charge in [0.1, 0.15) is 0 Å². The van der Waals surface area contributed by atoms with Crippen LogP contribution in [0.4, 0.5) is 0 Å². The summed E-state index contributed by atoms with van der Waals surface area (Å²) >= 11 is 1.61. The normalized spacial score (nSPS) is 22.7. The lowest BCUT2D eigenvalue weighted by molar-refractivity contribution is -0.163. The molecule has 1 aromatic rings. The van der Waals surface area contributed by atoms with Crippen molar-refractivity contribution >= 4 is 29.3 Å².